The van der Waals surface area contributed by atoms with Gasteiger partial charge in [-0.3, -0.25) is 9.59 Å². The van der Waals surface area contributed by atoms with Crippen LogP contribution >= 0.6 is 23.1 Å². The van der Waals surface area contributed by atoms with E-state index in [-0.39, 0.29) is 11.8 Å². The molecule has 4 rings (SSSR count). The molecule has 1 fully saturated rings. The molecule has 1 atom stereocenters. The SMILES string of the molecule is Cc1ccc(NC(=O)C2CSCN2C(=O)CCCc2nc3ccccc3s2)cc1C. The van der Waals surface area contributed by atoms with Crippen LogP contribution in [-0.4, -0.2) is 39.4 Å². The smallest absolute Gasteiger partial charge is 0.248 e. The van der Waals surface area contributed by atoms with Crippen LogP contribution in [0.25, 0.3) is 10.2 Å². The minimum atomic E-state index is -0.411. The summed E-state index contributed by atoms with van der Waals surface area (Å²) in [5.74, 6) is 1.15. The standard InChI is InChI=1S/C23H25N3O2S2/c1-15-10-11-17(12-16(15)2)24-23(28)19-13-29-14-26(19)22(27)9-5-8-21-25-18-6-3-4-7-20(18)30-21/h3-4,6-7,10-12,19H,5,8-9,13-14H2,1-2H3,(H,24,28). The van der Waals surface area contributed by atoms with Crippen LogP contribution in [0.5, 0.6) is 0 Å². The topological polar surface area (TPSA) is 62.3 Å². The zero-order chi connectivity index (χ0) is 21.1. The normalized spacial score (nSPS) is 16.2. The van der Waals surface area contributed by atoms with Crippen LogP contribution in [0.1, 0.15) is 29.0 Å². The molecule has 1 aliphatic rings. The van der Waals surface area contributed by atoms with Gasteiger partial charge in [0.05, 0.1) is 21.1 Å². The summed E-state index contributed by atoms with van der Waals surface area (Å²) in [6.07, 6.45) is 1.96. The van der Waals surface area contributed by atoms with Crippen LogP contribution < -0.4 is 5.32 Å². The Labute approximate surface area is 184 Å². The van der Waals surface area contributed by atoms with E-state index in [2.05, 4.69) is 16.4 Å². The van der Waals surface area contributed by atoms with Gasteiger partial charge in [-0.15, -0.1) is 23.1 Å². The van der Waals surface area contributed by atoms with Crippen LogP contribution in [0.3, 0.4) is 0 Å². The molecule has 0 spiro atoms. The van der Waals surface area contributed by atoms with Gasteiger partial charge in [-0.1, -0.05) is 18.2 Å². The Hall–Kier alpha value is -2.38. The highest BCUT2D eigenvalue weighted by atomic mass is 32.2. The molecule has 5 nitrogen and oxygen atoms in total. The molecule has 156 valence electrons. The summed E-state index contributed by atoms with van der Waals surface area (Å²) >= 11 is 3.32. The number of thioether (sulfide) groups is 1. The number of nitrogens with zero attached hydrogens (tertiary/aromatic N) is 2. The molecule has 30 heavy (non-hydrogen) atoms. The fourth-order valence-corrected chi connectivity index (χ4v) is 5.70. The van der Waals surface area contributed by atoms with Gasteiger partial charge in [-0.25, -0.2) is 4.98 Å². The van der Waals surface area contributed by atoms with Crippen molar-refractivity contribution in [2.24, 2.45) is 0 Å². The van der Waals surface area contributed by atoms with E-state index in [1.54, 1.807) is 28.0 Å². The predicted octanol–water partition coefficient (Wildman–Crippen LogP) is 4.78. The fraction of sp³-hybridized carbons (Fsp3) is 0.348. The van der Waals surface area contributed by atoms with Gasteiger partial charge >= 0.3 is 0 Å². The maximum atomic E-state index is 12.8. The van der Waals surface area contributed by atoms with E-state index in [1.165, 1.54) is 10.3 Å². The summed E-state index contributed by atoms with van der Waals surface area (Å²) in [6, 6.07) is 13.6. The number of carbonyl (C=O) groups excluding carboxylic acids is 2. The molecule has 2 amide bonds. The second kappa shape index (κ2) is 9.18. The van der Waals surface area contributed by atoms with Crippen molar-refractivity contribution in [2.75, 3.05) is 16.9 Å². The Morgan fingerprint density at radius 3 is 2.80 bits per heavy atom. The number of amides is 2. The van der Waals surface area contributed by atoms with Crippen molar-refractivity contribution >= 4 is 50.8 Å². The molecule has 1 aliphatic heterocycles. The molecule has 2 aromatic carbocycles. The monoisotopic (exact) mass is 439 g/mol. The predicted molar refractivity (Wildman–Crippen MR) is 125 cm³/mol. The van der Waals surface area contributed by atoms with Crippen molar-refractivity contribution in [1.82, 2.24) is 9.88 Å². The number of hydrogen-bond donors (Lipinski definition) is 1. The van der Waals surface area contributed by atoms with Gasteiger partial charge in [-0.2, -0.15) is 0 Å². The molecular formula is C23H25N3O2S2. The lowest BCUT2D eigenvalue weighted by Gasteiger charge is -2.23. The van der Waals surface area contributed by atoms with Gasteiger partial charge in [0, 0.05) is 17.9 Å². The van der Waals surface area contributed by atoms with Crippen molar-refractivity contribution in [2.45, 2.75) is 39.2 Å². The molecule has 1 N–H and O–H groups in total. The van der Waals surface area contributed by atoms with Gasteiger partial charge in [0.15, 0.2) is 0 Å². The molecule has 0 aliphatic carbocycles. The zero-order valence-corrected chi connectivity index (χ0v) is 18.8. The third-order valence-electron chi connectivity index (χ3n) is 5.40. The zero-order valence-electron chi connectivity index (χ0n) is 17.2. The number of para-hydroxylation sites is 1. The van der Waals surface area contributed by atoms with Crippen molar-refractivity contribution in [3.05, 3.63) is 58.6 Å². The van der Waals surface area contributed by atoms with Crippen LogP contribution in [0.2, 0.25) is 0 Å². The Balaban J connectivity index is 1.32. The summed E-state index contributed by atoms with van der Waals surface area (Å²) in [4.78, 5) is 31.9. The van der Waals surface area contributed by atoms with Crippen LogP contribution in [-0.2, 0) is 16.0 Å². The number of benzene rings is 2. The second-order valence-corrected chi connectivity index (χ2v) is 9.71. The first kappa shape index (κ1) is 20.9. The van der Waals surface area contributed by atoms with E-state index in [0.717, 1.165) is 34.6 Å². The number of fused-ring (bicyclic) bond motifs is 1. The highest BCUT2D eigenvalue weighted by Crippen LogP contribution is 2.26. The number of carbonyl (C=O) groups is 2. The highest BCUT2D eigenvalue weighted by molar-refractivity contribution is 7.99. The van der Waals surface area contributed by atoms with Crippen molar-refractivity contribution in [1.29, 1.82) is 0 Å². The summed E-state index contributed by atoms with van der Waals surface area (Å²) in [7, 11) is 0. The van der Waals surface area contributed by atoms with E-state index in [0.29, 0.717) is 18.1 Å². The third kappa shape index (κ3) is 4.68. The minimum absolute atomic E-state index is 0.0429. The number of aromatic nitrogens is 1. The number of anilines is 1. The molecule has 0 bridgehead atoms. The maximum absolute atomic E-state index is 12.8. The summed E-state index contributed by atoms with van der Waals surface area (Å²) < 4.78 is 1.18. The second-order valence-electron chi connectivity index (χ2n) is 7.60. The number of rotatable bonds is 6. The number of nitrogens with one attached hydrogen (secondary N) is 1. The van der Waals surface area contributed by atoms with Crippen molar-refractivity contribution < 1.29 is 9.59 Å². The molecule has 7 heteroatoms. The van der Waals surface area contributed by atoms with Crippen molar-refractivity contribution in [3.8, 4) is 0 Å². The molecule has 1 unspecified atom stereocenters. The first-order valence-corrected chi connectivity index (χ1v) is 12.1. The molecule has 2 heterocycles. The van der Waals surface area contributed by atoms with Crippen LogP contribution in [0.15, 0.2) is 42.5 Å². The largest absolute Gasteiger partial charge is 0.324 e. The Kier molecular flexibility index (Phi) is 6.39. The number of thiazole rings is 1. The van der Waals surface area contributed by atoms with E-state index in [4.69, 9.17) is 0 Å². The number of aryl methyl sites for hydroxylation is 3. The Morgan fingerprint density at radius 1 is 1.17 bits per heavy atom. The lowest BCUT2D eigenvalue weighted by Crippen LogP contribution is -2.44. The third-order valence-corrected chi connectivity index (χ3v) is 7.51. The quantitative estimate of drug-likeness (QED) is 0.601. The summed E-state index contributed by atoms with van der Waals surface area (Å²) in [5.41, 5.74) is 4.12. The van der Waals surface area contributed by atoms with Gasteiger partial charge in [0.25, 0.3) is 0 Å². The first-order chi connectivity index (χ1) is 14.5. The summed E-state index contributed by atoms with van der Waals surface area (Å²) in [6.45, 7) is 4.07. The average molecular weight is 440 g/mol. The minimum Gasteiger partial charge on any atom is -0.324 e. The van der Waals surface area contributed by atoms with E-state index >= 15 is 0 Å². The highest BCUT2D eigenvalue weighted by Gasteiger charge is 2.34. The van der Waals surface area contributed by atoms with Gasteiger partial charge in [0.1, 0.15) is 6.04 Å². The van der Waals surface area contributed by atoms with Crippen LogP contribution in [0.4, 0.5) is 5.69 Å². The van der Waals surface area contributed by atoms with E-state index in [1.807, 2.05) is 50.2 Å². The first-order valence-electron chi connectivity index (χ1n) is 10.1. The average Bonchev–Trinajstić information content (AvgIpc) is 3.37. The maximum Gasteiger partial charge on any atom is 0.248 e. The van der Waals surface area contributed by atoms with Crippen molar-refractivity contribution in [3.63, 3.8) is 0 Å². The van der Waals surface area contributed by atoms with Gasteiger partial charge in [0.2, 0.25) is 11.8 Å². The molecule has 1 aromatic heterocycles. The van der Waals surface area contributed by atoms with Gasteiger partial charge < -0.3 is 10.2 Å². The fourth-order valence-electron chi connectivity index (χ4n) is 3.51. The van der Waals surface area contributed by atoms with Crippen LogP contribution in [0, 0.1) is 13.8 Å². The van der Waals surface area contributed by atoms with Gasteiger partial charge in [-0.05, 0) is 62.1 Å². The lowest BCUT2D eigenvalue weighted by molar-refractivity contribution is -0.136. The summed E-state index contributed by atoms with van der Waals surface area (Å²) in [5, 5.41) is 4.04. The van der Waals surface area contributed by atoms with E-state index in [9.17, 15) is 9.59 Å². The lowest BCUT2D eigenvalue weighted by atomic mass is 10.1. The Bertz CT molecular complexity index is 1050. The Morgan fingerprint density at radius 2 is 2.00 bits per heavy atom. The molecule has 3 aromatic rings. The molecule has 1 saturated heterocycles. The molecular weight excluding hydrogens is 414 g/mol. The molecule has 0 saturated carbocycles. The number of hydrogen-bond acceptors (Lipinski definition) is 5. The van der Waals surface area contributed by atoms with E-state index < -0.39 is 6.04 Å². The molecule has 0 radical (unpaired) electrons.